The van der Waals surface area contributed by atoms with Gasteiger partial charge < -0.3 is 15.1 Å². The Bertz CT molecular complexity index is 1010. The minimum absolute atomic E-state index is 0.128. The molecule has 1 saturated heterocycles. The summed E-state index contributed by atoms with van der Waals surface area (Å²) in [7, 11) is 0. The van der Waals surface area contributed by atoms with E-state index in [1.54, 1.807) is 0 Å². The van der Waals surface area contributed by atoms with E-state index < -0.39 is 0 Å². The molecule has 1 N–H and O–H groups in total. The van der Waals surface area contributed by atoms with Crippen LogP contribution in [0.3, 0.4) is 0 Å². The first-order valence-electron chi connectivity index (χ1n) is 9.77. The number of nitrogens with one attached hydrogen (secondary N) is 1. The molecule has 4 rings (SSSR count). The Morgan fingerprint density at radius 3 is 2.34 bits per heavy atom. The summed E-state index contributed by atoms with van der Waals surface area (Å²) in [5.74, 6) is 1.62. The third-order valence-electron chi connectivity index (χ3n) is 4.98. The maximum Gasteiger partial charge on any atom is 0.264 e. The summed E-state index contributed by atoms with van der Waals surface area (Å²) in [6, 6.07) is 12.1. The van der Waals surface area contributed by atoms with Crippen LogP contribution in [0.1, 0.15) is 26.5 Å². The minimum Gasteiger partial charge on any atom is -0.353 e. The molecule has 0 unspecified atom stereocenters. The lowest BCUT2D eigenvalue weighted by atomic mass is 10.2. The van der Waals surface area contributed by atoms with Crippen molar-refractivity contribution in [2.45, 2.75) is 20.8 Å². The Kier molecular flexibility index (Phi) is 5.49. The van der Waals surface area contributed by atoms with Gasteiger partial charge in [-0.15, -0.1) is 11.3 Å². The van der Waals surface area contributed by atoms with Crippen LogP contribution in [0.2, 0.25) is 0 Å². The zero-order valence-corrected chi connectivity index (χ0v) is 17.8. The predicted octanol–water partition coefficient (Wildman–Crippen LogP) is 4.17. The molecule has 0 radical (unpaired) electrons. The molecule has 6 nitrogen and oxygen atoms in total. The van der Waals surface area contributed by atoms with Gasteiger partial charge in [0.1, 0.15) is 5.82 Å². The molecule has 0 aliphatic carbocycles. The first-order chi connectivity index (χ1) is 14.0. The average Bonchev–Trinajstić information content (AvgIpc) is 3.15. The monoisotopic (exact) mass is 407 g/mol. The molecule has 1 aliphatic heterocycles. The lowest BCUT2D eigenvalue weighted by molar-refractivity contribution is 0.0751. The number of aromatic nitrogens is 2. The van der Waals surface area contributed by atoms with E-state index in [1.165, 1.54) is 16.9 Å². The van der Waals surface area contributed by atoms with E-state index in [0.717, 1.165) is 40.7 Å². The van der Waals surface area contributed by atoms with E-state index in [0.29, 0.717) is 19.0 Å². The van der Waals surface area contributed by atoms with Gasteiger partial charge in [-0.25, -0.2) is 4.98 Å². The molecule has 3 heterocycles. The number of thiophene rings is 1. The topological polar surface area (TPSA) is 61.4 Å². The maximum atomic E-state index is 12.7. The van der Waals surface area contributed by atoms with Gasteiger partial charge in [-0.05, 0) is 49.9 Å². The normalized spacial score (nSPS) is 14.2. The average molecular weight is 408 g/mol. The first kappa shape index (κ1) is 19.4. The smallest absolute Gasteiger partial charge is 0.264 e. The number of anilines is 3. The Balaban J connectivity index is 1.43. The van der Waals surface area contributed by atoms with Crippen LogP contribution in [0.5, 0.6) is 0 Å². The van der Waals surface area contributed by atoms with E-state index >= 15 is 0 Å². The largest absolute Gasteiger partial charge is 0.353 e. The van der Waals surface area contributed by atoms with Crippen LogP contribution in [0.15, 0.2) is 41.8 Å². The molecule has 0 saturated carbocycles. The van der Waals surface area contributed by atoms with Gasteiger partial charge in [0.05, 0.1) is 4.88 Å². The van der Waals surface area contributed by atoms with Gasteiger partial charge in [-0.3, -0.25) is 4.79 Å². The number of hydrogen-bond donors (Lipinski definition) is 1. The fourth-order valence-electron chi connectivity index (χ4n) is 3.37. The Morgan fingerprint density at radius 1 is 0.966 bits per heavy atom. The molecule has 0 bridgehead atoms. The van der Waals surface area contributed by atoms with Crippen LogP contribution in [0.4, 0.5) is 17.5 Å². The molecule has 7 heteroatoms. The maximum absolute atomic E-state index is 12.7. The molecule has 1 aliphatic rings. The molecular weight excluding hydrogens is 382 g/mol. The van der Waals surface area contributed by atoms with Crippen molar-refractivity contribution < 1.29 is 4.79 Å². The number of piperazine rings is 1. The third-order valence-corrected chi connectivity index (χ3v) is 6.02. The predicted molar refractivity (Wildman–Crippen MR) is 118 cm³/mol. The lowest BCUT2D eigenvalue weighted by Gasteiger charge is -2.35. The minimum atomic E-state index is 0.128. The van der Waals surface area contributed by atoms with Crippen molar-refractivity contribution in [3.8, 4) is 0 Å². The molecule has 0 spiro atoms. The van der Waals surface area contributed by atoms with Gasteiger partial charge in [0.15, 0.2) is 0 Å². The Hall–Kier alpha value is -2.93. The molecule has 150 valence electrons. The van der Waals surface area contributed by atoms with Crippen LogP contribution in [0, 0.1) is 20.8 Å². The highest BCUT2D eigenvalue weighted by Crippen LogP contribution is 2.22. The van der Waals surface area contributed by atoms with E-state index in [-0.39, 0.29) is 5.91 Å². The number of nitrogens with zero attached hydrogens (tertiary/aromatic N) is 4. The quantitative estimate of drug-likeness (QED) is 0.703. The van der Waals surface area contributed by atoms with Crippen molar-refractivity contribution in [3.63, 3.8) is 0 Å². The number of rotatable bonds is 4. The van der Waals surface area contributed by atoms with E-state index in [9.17, 15) is 4.79 Å². The summed E-state index contributed by atoms with van der Waals surface area (Å²) >= 11 is 1.52. The second-order valence-electron chi connectivity index (χ2n) is 7.45. The highest BCUT2D eigenvalue weighted by molar-refractivity contribution is 7.12. The fourth-order valence-corrected chi connectivity index (χ4v) is 4.24. The van der Waals surface area contributed by atoms with Crippen LogP contribution in [-0.2, 0) is 0 Å². The summed E-state index contributed by atoms with van der Waals surface area (Å²) in [6.45, 7) is 8.97. The van der Waals surface area contributed by atoms with Gasteiger partial charge in [0, 0.05) is 43.6 Å². The van der Waals surface area contributed by atoms with Crippen molar-refractivity contribution in [1.29, 1.82) is 0 Å². The molecular formula is C22H25N5OS. The molecule has 1 amide bonds. The molecule has 0 atom stereocenters. The highest BCUT2D eigenvalue weighted by atomic mass is 32.1. The van der Waals surface area contributed by atoms with Crippen LogP contribution >= 0.6 is 11.3 Å². The number of aryl methyl sites for hydroxylation is 3. The van der Waals surface area contributed by atoms with E-state index in [4.69, 9.17) is 4.98 Å². The first-order valence-corrected chi connectivity index (χ1v) is 10.6. The van der Waals surface area contributed by atoms with Crippen molar-refractivity contribution in [1.82, 2.24) is 14.9 Å². The highest BCUT2D eigenvalue weighted by Gasteiger charge is 2.24. The van der Waals surface area contributed by atoms with Gasteiger partial charge in [-0.2, -0.15) is 4.98 Å². The van der Waals surface area contributed by atoms with E-state index in [1.807, 2.05) is 48.4 Å². The molecule has 1 fully saturated rings. The Labute approximate surface area is 175 Å². The third kappa shape index (κ3) is 4.56. The second-order valence-corrected chi connectivity index (χ2v) is 8.36. The lowest BCUT2D eigenvalue weighted by Crippen LogP contribution is -2.49. The van der Waals surface area contributed by atoms with Crippen LogP contribution in [0.25, 0.3) is 0 Å². The Morgan fingerprint density at radius 2 is 1.69 bits per heavy atom. The molecule has 29 heavy (non-hydrogen) atoms. The fraction of sp³-hybridized carbons (Fsp3) is 0.318. The molecule has 1 aromatic carbocycles. The van der Waals surface area contributed by atoms with E-state index in [2.05, 4.69) is 34.3 Å². The number of hydrogen-bond acceptors (Lipinski definition) is 6. The number of carbonyl (C=O) groups excluding carboxylic acids is 1. The van der Waals surface area contributed by atoms with Crippen molar-refractivity contribution in [2.24, 2.45) is 0 Å². The van der Waals surface area contributed by atoms with Gasteiger partial charge in [0.2, 0.25) is 5.95 Å². The number of amides is 1. The summed E-state index contributed by atoms with van der Waals surface area (Å²) in [4.78, 5) is 26.9. The van der Waals surface area contributed by atoms with Crippen molar-refractivity contribution in [3.05, 3.63) is 63.5 Å². The SMILES string of the molecule is Cc1ccc(Nc2nc(C)cc(N3CCN(C(=O)c4cc(C)cs4)CC3)n2)cc1. The zero-order chi connectivity index (χ0) is 20.4. The standard InChI is InChI=1S/C22H25N5OS/c1-15-4-6-18(7-5-15)24-22-23-17(3)13-20(25-22)26-8-10-27(11-9-26)21(28)19-12-16(2)14-29-19/h4-7,12-14H,8-11H2,1-3H3,(H,23,24,25). The summed E-state index contributed by atoms with van der Waals surface area (Å²) in [5, 5.41) is 5.31. The number of carbonyl (C=O) groups is 1. The van der Waals surface area contributed by atoms with Crippen LogP contribution < -0.4 is 10.2 Å². The summed E-state index contributed by atoms with van der Waals surface area (Å²) in [5.41, 5.74) is 4.24. The van der Waals surface area contributed by atoms with Gasteiger partial charge in [0.25, 0.3) is 5.91 Å². The number of benzene rings is 1. The second kappa shape index (κ2) is 8.21. The van der Waals surface area contributed by atoms with Crippen molar-refractivity contribution in [2.75, 3.05) is 36.4 Å². The molecule has 2 aromatic heterocycles. The summed E-state index contributed by atoms with van der Waals surface area (Å²) < 4.78 is 0. The van der Waals surface area contributed by atoms with Crippen molar-refractivity contribution >= 4 is 34.7 Å². The van der Waals surface area contributed by atoms with Crippen LogP contribution in [-0.4, -0.2) is 47.0 Å². The zero-order valence-electron chi connectivity index (χ0n) is 17.0. The van der Waals surface area contributed by atoms with Gasteiger partial charge in [-0.1, -0.05) is 17.7 Å². The molecule has 3 aromatic rings. The summed E-state index contributed by atoms with van der Waals surface area (Å²) in [6.07, 6.45) is 0. The van der Waals surface area contributed by atoms with Gasteiger partial charge >= 0.3 is 0 Å².